The molecule has 3 heterocycles. The van der Waals surface area contributed by atoms with Gasteiger partial charge in [-0.2, -0.15) is 5.10 Å². The van der Waals surface area contributed by atoms with Gasteiger partial charge in [0.25, 0.3) is 5.91 Å². The summed E-state index contributed by atoms with van der Waals surface area (Å²) in [6, 6.07) is 17.4. The molecule has 0 saturated carbocycles. The molecule has 162 valence electrons. The Labute approximate surface area is 190 Å². The molecule has 0 bridgehead atoms. The number of carbonyl (C=O) groups is 1. The highest BCUT2D eigenvalue weighted by Gasteiger charge is 2.26. The van der Waals surface area contributed by atoms with Crippen LogP contribution in [0.15, 0.2) is 67.0 Å². The van der Waals surface area contributed by atoms with Crippen LogP contribution in [0.5, 0.6) is 5.75 Å². The maximum absolute atomic E-state index is 13.3. The van der Waals surface area contributed by atoms with Gasteiger partial charge in [0.1, 0.15) is 11.3 Å². The minimum absolute atomic E-state index is 0.0552. The van der Waals surface area contributed by atoms with Gasteiger partial charge in [-0.1, -0.05) is 35.9 Å². The van der Waals surface area contributed by atoms with Gasteiger partial charge in [-0.05, 0) is 30.3 Å². The van der Waals surface area contributed by atoms with Crippen LogP contribution in [0.4, 0.5) is 5.69 Å². The van der Waals surface area contributed by atoms with Crippen molar-refractivity contribution in [3.63, 3.8) is 0 Å². The summed E-state index contributed by atoms with van der Waals surface area (Å²) in [7, 11) is 1.68. The van der Waals surface area contributed by atoms with Crippen molar-refractivity contribution in [2.45, 2.75) is 0 Å². The number of benzene rings is 2. The molecule has 0 radical (unpaired) electrons. The number of fused-ring (bicyclic) bond motifs is 1. The summed E-state index contributed by atoms with van der Waals surface area (Å²) in [4.78, 5) is 21.9. The Morgan fingerprint density at radius 3 is 2.50 bits per heavy atom. The van der Waals surface area contributed by atoms with E-state index in [9.17, 15) is 4.79 Å². The Bertz CT molecular complexity index is 1260. The number of rotatable bonds is 4. The van der Waals surface area contributed by atoms with Crippen molar-refractivity contribution in [1.82, 2.24) is 19.5 Å². The number of halogens is 1. The number of ether oxygens (including phenoxy) is 1. The number of nitrogens with zero attached hydrogens (tertiary/aromatic N) is 5. The summed E-state index contributed by atoms with van der Waals surface area (Å²) in [5, 5.41) is 5.13. The number of aromatic nitrogens is 3. The second-order valence-electron chi connectivity index (χ2n) is 7.58. The van der Waals surface area contributed by atoms with Crippen molar-refractivity contribution in [2.24, 2.45) is 0 Å². The van der Waals surface area contributed by atoms with Crippen molar-refractivity contribution in [1.29, 1.82) is 0 Å². The fourth-order valence-corrected chi connectivity index (χ4v) is 4.22. The predicted molar refractivity (Wildman–Crippen MR) is 125 cm³/mol. The van der Waals surface area contributed by atoms with Crippen molar-refractivity contribution in [2.75, 3.05) is 38.2 Å². The lowest BCUT2D eigenvalue weighted by molar-refractivity contribution is 0.0748. The molecule has 0 unspecified atom stereocenters. The first kappa shape index (κ1) is 20.3. The summed E-state index contributed by atoms with van der Waals surface area (Å²) < 4.78 is 7.20. The Balaban J connectivity index is 1.37. The summed E-state index contributed by atoms with van der Waals surface area (Å²) >= 11 is 6.02. The quantitative estimate of drug-likeness (QED) is 0.473. The van der Waals surface area contributed by atoms with Gasteiger partial charge in [0.15, 0.2) is 5.65 Å². The van der Waals surface area contributed by atoms with Crippen LogP contribution >= 0.6 is 11.6 Å². The summed E-state index contributed by atoms with van der Waals surface area (Å²) in [5.41, 5.74) is 3.91. The van der Waals surface area contributed by atoms with Gasteiger partial charge < -0.3 is 14.5 Å². The molecule has 1 aliphatic heterocycles. The minimum atomic E-state index is -0.0552. The highest BCUT2D eigenvalue weighted by atomic mass is 35.5. The van der Waals surface area contributed by atoms with Gasteiger partial charge >= 0.3 is 0 Å². The molecule has 1 aliphatic rings. The number of carbonyl (C=O) groups excluding carboxylic acids is 1. The van der Waals surface area contributed by atoms with Gasteiger partial charge in [0, 0.05) is 43.0 Å². The zero-order chi connectivity index (χ0) is 22.1. The maximum atomic E-state index is 13.3. The van der Waals surface area contributed by atoms with E-state index in [1.807, 2.05) is 59.5 Å². The van der Waals surface area contributed by atoms with E-state index in [4.69, 9.17) is 16.3 Å². The molecule has 2 aromatic heterocycles. The number of para-hydroxylation sites is 2. The van der Waals surface area contributed by atoms with Gasteiger partial charge in [-0.3, -0.25) is 4.79 Å². The van der Waals surface area contributed by atoms with E-state index in [0.717, 1.165) is 35.8 Å². The molecule has 0 atom stereocenters. The zero-order valence-electron chi connectivity index (χ0n) is 17.6. The maximum Gasteiger partial charge on any atom is 0.259 e. The molecule has 8 heteroatoms. The fraction of sp³-hybridized carbons (Fsp3) is 0.208. The monoisotopic (exact) mass is 447 g/mol. The van der Waals surface area contributed by atoms with Gasteiger partial charge in [0.05, 0.1) is 24.7 Å². The Morgan fingerprint density at radius 1 is 1.00 bits per heavy atom. The molecular weight excluding hydrogens is 426 g/mol. The predicted octanol–water partition coefficient (Wildman–Crippen LogP) is 4.02. The minimum Gasteiger partial charge on any atom is -0.495 e. The van der Waals surface area contributed by atoms with E-state index in [1.165, 1.54) is 0 Å². The van der Waals surface area contributed by atoms with Gasteiger partial charge in [-0.15, -0.1) is 0 Å². The zero-order valence-corrected chi connectivity index (χ0v) is 18.4. The number of methoxy groups -OCH3 is 1. The third-order valence-electron chi connectivity index (χ3n) is 5.76. The molecule has 1 fully saturated rings. The normalized spacial score (nSPS) is 14.1. The fourth-order valence-electron chi connectivity index (χ4n) is 4.09. The van der Waals surface area contributed by atoms with E-state index >= 15 is 0 Å². The van der Waals surface area contributed by atoms with E-state index in [-0.39, 0.29) is 5.91 Å². The molecule has 1 saturated heterocycles. The Kier molecular flexibility index (Phi) is 5.41. The lowest BCUT2D eigenvalue weighted by Gasteiger charge is -2.36. The third-order valence-corrected chi connectivity index (χ3v) is 6.02. The summed E-state index contributed by atoms with van der Waals surface area (Å²) in [6.07, 6.45) is 3.31. The van der Waals surface area contributed by atoms with Crippen LogP contribution < -0.4 is 9.64 Å². The van der Waals surface area contributed by atoms with Crippen LogP contribution in [0.1, 0.15) is 10.4 Å². The molecule has 32 heavy (non-hydrogen) atoms. The second kappa shape index (κ2) is 8.51. The first-order valence-electron chi connectivity index (χ1n) is 10.4. The average Bonchev–Trinajstić information content (AvgIpc) is 3.28. The number of piperazine rings is 1. The van der Waals surface area contributed by atoms with Crippen LogP contribution in [-0.4, -0.2) is 58.7 Å². The van der Waals surface area contributed by atoms with E-state index in [1.54, 1.807) is 24.0 Å². The standard InChI is InChI=1S/C24H22ClN5O2/c1-32-22-5-3-2-4-21(22)28-12-14-29(15-13-28)24(31)19-16-27-30-20(10-11-26-23(19)30)17-6-8-18(25)9-7-17/h2-11,16H,12-15H2,1H3. The topological polar surface area (TPSA) is 63.0 Å². The van der Waals surface area contributed by atoms with Crippen molar-refractivity contribution < 1.29 is 9.53 Å². The van der Waals surface area contributed by atoms with Crippen LogP contribution in [0.2, 0.25) is 5.02 Å². The lowest BCUT2D eigenvalue weighted by atomic mass is 10.1. The van der Waals surface area contributed by atoms with E-state index in [0.29, 0.717) is 29.3 Å². The second-order valence-corrected chi connectivity index (χ2v) is 8.02. The smallest absolute Gasteiger partial charge is 0.259 e. The molecule has 5 rings (SSSR count). The molecule has 0 aliphatic carbocycles. The van der Waals surface area contributed by atoms with E-state index < -0.39 is 0 Å². The van der Waals surface area contributed by atoms with E-state index in [2.05, 4.69) is 15.0 Å². The summed E-state index contributed by atoms with van der Waals surface area (Å²) in [6.45, 7) is 2.69. The highest BCUT2D eigenvalue weighted by molar-refractivity contribution is 6.30. The first-order valence-corrected chi connectivity index (χ1v) is 10.8. The van der Waals surface area contributed by atoms with Crippen LogP contribution in [0.3, 0.4) is 0 Å². The Hall–Kier alpha value is -3.58. The molecule has 4 aromatic rings. The Morgan fingerprint density at radius 2 is 1.75 bits per heavy atom. The SMILES string of the molecule is COc1ccccc1N1CCN(C(=O)c2cnn3c(-c4ccc(Cl)cc4)ccnc23)CC1. The molecule has 0 N–H and O–H groups in total. The highest BCUT2D eigenvalue weighted by Crippen LogP contribution is 2.29. The van der Waals surface area contributed by atoms with Gasteiger partial charge in [0.2, 0.25) is 0 Å². The molecule has 1 amide bonds. The largest absolute Gasteiger partial charge is 0.495 e. The molecule has 0 spiro atoms. The number of amides is 1. The van der Waals surface area contributed by atoms with Crippen LogP contribution in [0, 0.1) is 0 Å². The van der Waals surface area contributed by atoms with Crippen molar-refractivity contribution >= 4 is 28.8 Å². The van der Waals surface area contributed by atoms with Crippen LogP contribution in [-0.2, 0) is 0 Å². The first-order chi connectivity index (χ1) is 15.7. The molecule has 2 aromatic carbocycles. The van der Waals surface area contributed by atoms with Gasteiger partial charge in [-0.25, -0.2) is 9.50 Å². The average molecular weight is 448 g/mol. The van der Waals surface area contributed by atoms with Crippen molar-refractivity contribution in [3.05, 3.63) is 77.6 Å². The molecule has 7 nitrogen and oxygen atoms in total. The van der Waals surface area contributed by atoms with Crippen molar-refractivity contribution in [3.8, 4) is 17.0 Å². The summed E-state index contributed by atoms with van der Waals surface area (Å²) in [5.74, 6) is 0.786. The number of anilines is 1. The van der Waals surface area contributed by atoms with Crippen LogP contribution in [0.25, 0.3) is 16.9 Å². The number of hydrogen-bond donors (Lipinski definition) is 0. The molecular formula is C24H22ClN5O2. The third kappa shape index (κ3) is 3.65. The number of hydrogen-bond acceptors (Lipinski definition) is 5. The lowest BCUT2D eigenvalue weighted by Crippen LogP contribution is -2.48.